The molecular weight excluding hydrogens is 310 g/mol. The van der Waals surface area contributed by atoms with Gasteiger partial charge < -0.3 is 9.80 Å². The maximum Gasteiger partial charge on any atom is 0.272 e. The third-order valence-electron chi connectivity index (χ3n) is 5.02. The van der Waals surface area contributed by atoms with E-state index in [0.717, 1.165) is 43.7 Å². The summed E-state index contributed by atoms with van der Waals surface area (Å²) in [5.74, 6) is 0.0671. The second-order valence-electron chi connectivity index (χ2n) is 6.54. The SMILES string of the molecule is CCC1CCCCN1C(=O)c1cc(N(CC)c2ccccc2)ccn1. The molecule has 1 aliphatic heterocycles. The molecule has 1 fully saturated rings. The number of pyridine rings is 1. The fraction of sp³-hybridized carbons (Fsp3) is 0.429. The van der Waals surface area contributed by atoms with Crippen molar-refractivity contribution >= 4 is 17.3 Å². The van der Waals surface area contributed by atoms with E-state index in [0.29, 0.717) is 11.7 Å². The van der Waals surface area contributed by atoms with E-state index in [9.17, 15) is 4.79 Å². The van der Waals surface area contributed by atoms with Crippen molar-refractivity contribution < 1.29 is 4.79 Å². The van der Waals surface area contributed by atoms with E-state index < -0.39 is 0 Å². The molecule has 3 rings (SSSR count). The number of carbonyl (C=O) groups is 1. The van der Waals surface area contributed by atoms with Gasteiger partial charge in [0.2, 0.25) is 0 Å². The van der Waals surface area contributed by atoms with Gasteiger partial charge in [-0.3, -0.25) is 9.78 Å². The molecule has 0 bridgehead atoms. The van der Waals surface area contributed by atoms with Gasteiger partial charge in [0.25, 0.3) is 5.91 Å². The van der Waals surface area contributed by atoms with Gasteiger partial charge >= 0.3 is 0 Å². The molecule has 132 valence electrons. The Hall–Kier alpha value is -2.36. The zero-order valence-electron chi connectivity index (χ0n) is 15.2. The highest BCUT2D eigenvalue weighted by atomic mass is 16.2. The van der Waals surface area contributed by atoms with Crippen LogP contribution in [0.2, 0.25) is 0 Å². The summed E-state index contributed by atoms with van der Waals surface area (Å²) in [6, 6.07) is 14.5. The maximum atomic E-state index is 13.0. The fourth-order valence-electron chi connectivity index (χ4n) is 3.67. The number of nitrogens with zero attached hydrogens (tertiary/aromatic N) is 3. The summed E-state index contributed by atoms with van der Waals surface area (Å²) in [5.41, 5.74) is 2.68. The molecule has 1 aromatic carbocycles. The number of anilines is 2. The van der Waals surface area contributed by atoms with Crippen LogP contribution < -0.4 is 4.90 Å². The zero-order chi connectivity index (χ0) is 17.6. The first-order valence-corrected chi connectivity index (χ1v) is 9.34. The number of aromatic nitrogens is 1. The van der Waals surface area contributed by atoms with Crippen molar-refractivity contribution in [3.8, 4) is 0 Å². The molecule has 0 N–H and O–H groups in total. The first-order chi connectivity index (χ1) is 12.2. The topological polar surface area (TPSA) is 36.4 Å². The Balaban J connectivity index is 1.86. The van der Waals surface area contributed by atoms with E-state index in [-0.39, 0.29) is 5.91 Å². The summed E-state index contributed by atoms with van der Waals surface area (Å²) in [6.45, 7) is 5.96. The molecule has 0 saturated carbocycles. The summed E-state index contributed by atoms with van der Waals surface area (Å²) in [7, 11) is 0. The average Bonchev–Trinajstić information content (AvgIpc) is 2.69. The lowest BCUT2D eigenvalue weighted by Gasteiger charge is -2.35. The molecule has 0 radical (unpaired) electrons. The highest BCUT2D eigenvalue weighted by Crippen LogP contribution is 2.26. The van der Waals surface area contributed by atoms with E-state index in [1.165, 1.54) is 6.42 Å². The van der Waals surface area contributed by atoms with Gasteiger partial charge in [-0.05, 0) is 56.9 Å². The minimum Gasteiger partial charge on any atom is -0.342 e. The van der Waals surface area contributed by atoms with Gasteiger partial charge in [-0.2, -0.15) is 0 Å². The summed E-state index contributed by atoms with van der Waals surface area (Å²) >= 11 is 0. The Morgan fingerprint density at radius 1 is 1.16 bits per heavy atom. The molecule has 2 heterocycles. The summed E-state index contributed by atoms with van der Waals surface area (Å²) < 4.78 is 0. The Kier molecular flexibility index (Phi) is 5.69. The normalized spacial score (nSPS) is 17.4. The average molecular weight is 337 g/mol. The zero-order valence-corrected chi connectivity index (χ0v) is 15.2. The predicted octanol–water partition coefficient (Wildman–Crippen LogP) is 4.64. The number of amides is 1. The fourth-order valence-corrected chi connectivity index (χ4v) is 3.67. The molecule has 2 aromatic rings. The molecule has 0 spiro atoms. The first kappa shape index (κ1) is 17.5. The van der Waals surface area contributed by atoms with E-state index in [1.54, 1.807) is 6.20 Å². The van der Waals surface area contributed by atoms with Crippen LogP contribution in [0, 0.1) is 0 Å². The Morgan fingerprint density at radius 2 is 1.96 bits per heavy atom. The van der Waals surface area contributed by atoms with Crippen LogP contribution in [-0.2, 0) is 0 Å². The highest BCUT2D eigenvalue weighted by Gasteiger charge is 2.27. The smallest absolute Gasteiger partial charge is 0.272 e. The monoisotopic (exact) mass is 337 g/mol. The Labute approximate surface area is 150 Å². The van der Waals surface area contributed by atoms with Gasteiger partial charge in [0.15, 0.2) is 0 Å². The third kappa shape index (κ3) is 3.84. The lowest BCUT2D eigenvalue weighted by atomic mass is 9.99. The third-order valence-corrected chi connectivity index (χ3v) is 5.02. The molecule has 1 amide bonds. The number of piperidine rings is 1. The van der Waals surface area contributed by atoms with Crippen LogP contribution in [0.1, 0.15) is 50.0 Å². The lowest BCUT2D eigenvalue weighted by molar-refractivity contribution is 0.0602. The second-order valence-corrected chi connectivity index (χ2v) is 6.54. The van der Waals surface area contributed by atoms with Gasteiger partial charge in [0.1, 0.15) is 5.69 Å². The predicted molar refractivity (Wildman–Crippen MR) is 102 cm³/mol. The van der Waals surface area contributed by atoms with E-state index in [2.05, 4.69) is 35.9 Å². The number of rotatable bonds is 5. The number of hydrogen-bond acceptors (Lipinski definition) is 3. The molecule has 1 aromatic heterocycles. The Morgan fingerprint density at radius 3 is 2.68 bits per heavy atom. The molecule has 4 heteroatoms. The van der Waals surface area contributed by atoms with Crippen molar-refractivity contribution in [2.75, 3.05) is 18.0 Å². The van der Waals surface area contributed by atoms with Gasteiger partial charge in [-0.15, -0.1) is 0 Å². The Bertz CT molecular complexity index is 701. The number of likely N-dealkylation sites (tertiary alicyclic amines) is 1. The van der Waals surface area contributed by atoms with Crippen LogP contribution in [-0.4, -0.2) is 34.9 Å². The number of hydrogen-bond donors (Lipinski definition) is 0. The highest BCUT2D eigenvalue weighted by molar-refractivity contribution is 5.93. The van der Waals surface area contributed by atoms with Gasteiger partial charge in [0, 0.05) is 36.7 Å². The maximum absolute atomic E-state index is 13.0. The number of benzene rings is 1. The van der Waals surface area contributed by atoms with Crippen LogP contribution >= 0.6 is 0 Å². The quantitative estimate of drug-likeness (QED) is 0.797. The van der Waals surface area contributed by atoms with Crippen LogP contribution in [0.25, 0.3) is 0 Å². The van der Waals surface area contributed by atoms with Crippen LogP contribution in [0.5, 0.6) is 0 Å². The van der Waals surface area contributed by atoms with Crippen LogP contribution in [0.4, 0.5) is 11.4 Å². The first-order valence-electron chi connectivity index (χ1n) is 9.34. The molecule has 25 heavy (non-hydrogen) atoms. The minimum absolute atomic E-state index is 0.0671. The molecule has 0 aliphatic carbocycles. The van der Waals surface area contributed by atoms with Gasteiger partial charge in [-0.1, -0.05) is 25.1 Å². The number of carbonyl (C=O) groups excluding carboxylic acids is 1. The molecule has 1 saturated heterocycles. The second kappa shape index (κ2) is 8.15. The van der Waals surface area contributed by atoms with Gasteiger partial charge in [0.05, 0.1) is 0 Å². The molecule has 1 atom stereocenters. The standard InChI is InChI=1S/C21H27N3O/c1-3-17-10-8-9-15-24(17)21(25)20-16-19(13-14-22-20)23(4-2)18-11-6-5-7-12-18/h5-7,11-14,16-17H,3-4,8-10,15H2,1-2H3. The lowest BCUT2D eigenvalue weighted by Crippen LogP contribution is -2.43. The number of para-hydroxylation sites is 1. The van der Waals surface area contributed by atoms with Crippen LogP contribution in [0.3, 0.4) is 0 Å². The van der Waals surface area contributed by atoms with E-state index >= 15 is 0 Å². The van der Waals surface area contributed by atoms with Crippen molar-refractivity contribution in [1.82, 2.24) is 9.88 Å². The summed E-state index contributed by atoms with van der Waals surface area (Å²) in [4.78, 5) is 21.6. The van der Waals surface area contributed by atoms with Crippen molar-refractivity contribution in [2.24, 2.45) is 0 Å². The molecular formula is C21H27N3O. The van der Waals surface area contributed by atoms with Crippen LogP contribution in [0.15, 0.2) is 48.7 Å². The van der Waals surface area contributed by atoms with E-state index in [4.69, 9.17) is 0 Å². The summed E-state index contributed by atoms with van der Waals surface area (Å²) in [5, 5.41) is 0. The van der Waals surface area contributed by atoms with Crippen molar-refractivity contribution in [3.05, 3.63) is 54.4 Å². The molecule has 4 nitrogen and oxygen atoms in total. The van der Waals surface area contributed by atoms with Crippen molar-refractivity contribution in [1.29, 1.82) is 0 Å². The largest absolute Gasteiger partial charge is 0.342 e. The van der Waals surface area contributed by atoms with E-state index in [1.807, 2.05) is 35.2 Å². The van der Waals surface area contributed by atoms with Gasteiger partial charge in [-0.25, -0.2) is 0 Å². The minimum atomic E-state index is 0.0671. The van der Waals surface area contributed by atoms with Crippen molar-refractivity contribution in [3.63, 3.8) is 0 Å². The van der Waals surface area contributed by atoms with Crippen molar-refractivity contribution in [2.45, 2.75) is 45.6 Å². The summed E-state index contributed by atoms with van der Waals surface area (Å²) in [6.07, 6.45) is 6.17. The molecule has 1 aliphatic rings. The molecule has 1 unspecified atom stereocenters.